The molecule has 2 amide bonds. The van der Waals surface area contributed by atoms with E-state index in [-0.39, 0.29) is 12.1 Å². The Hall–Kier alpha value is -1.95. The first-order chi connectivity index (χ1) is 10.2. The van der Waals surface area contributed by atoms with Crippen LogP contribution in [-0.2, 0) is 0 Å². The molecule has 0 aromatic heterocycles. The zero-order valence-corrected chi connectivity index (χ0v) is 12.1. The second-order valence-corrected chi connectivity index (χ2v) is 5.80. The number of urea groups is 1. The lowest BCUT2D eigenvalue weighted by atomic mass is 10.2. The van der Waals surface area contributed by atoms with Crippen LogP contribution in [0.4, 0.5) is 10.5 Å². The van der Waals surface area contributed by atoms with E-state index in [1.165, 1.54) is 0 Å². The minimum absolute atomic E-state index is 0.0109. The summed E-state index contributed by atoms with van der Waals surface area (Å²) < 4.78 is 5.73. The number of aliphatic imine (C=N–C) groups is 1. The van der Waals surface area contributed by atoms with Gasteiger partial charge in [0.25, 0.3) is 0 Å². The van der Waals surface area contributed by atoms with Gasteiger partial charge in [-0.25, -0.2) is 4.79 Å². The van der Waals surface area contributed by atoms with Crippen molar-refractivity contribution in [3.63, 3.8) is 0 Å². The molecule has 0 spiro atoms. The van der Waals surface area contributed by atoms with Gasteiger partial charge in [-0.3, -0.25) is 9.89 Å². The lowest BCUT2D eigenvalue weighted by Gasteiger charge is -2.30. The summed E-state index contributed by atoms with van der Waals surface area (Å²) >= 11 is 6.05. The third kappa shape index (κ3) is 2.10. The maximum atomic E-state index is 12.7. The number of carbonyl (C=O) groups excluding carboxylic acids is 1. The summed E-state index contributed by atoms with van der Waals surface area (Å²) in [5, 5.41) is 3.80. The molecule has 1 aromatic carbocycles. The molecule has 1 saturated heterocycles. The van der Waals surface area contributed by atoms with Crippen molar-refractivity contribution >= 4 is 29.2 Å². The number of amidine groups is 1. The quantitative estimate of drug-likeness (QED) is 0.897. The summed E-state index contributed by atoms with van der Waals surface area (Å²) in [6.07, 6.45) is 0. The molecule has 0 aliphatic carbocycles. The number of halogens is 1. The minimum Gasteiger partial charge on any atom is -0.489 e. The molecule has 1 N–H and O–H groups in total. The standard InChI is InChI=1S/C14H15ClN4O2/c15-9-1-2-12-11(5-9)19-10(8-21-12)6-18(14(19)20)7-13-16-3-4-17-13/h1-2,5,10H,3-4,6-8H2,(H,16,17). The molecule has 0 saturated carbocycles. The van der Waals surface area contributed by atoms with Gasteiger partial charge in [-0.2, -0.15) is 0 Å². The second kappa shape index (κ2) is 4.80. The van der Waals surface area contributed by atoms with Crippen LogP contribution >= 0.6 is 11.6 Å². The van der Waals surface area contributed by atoms with Crippen LogP contribution < -0.4 is 15.0 Å². The number of nitrogens with one attached hydrogen (secondary N) is 1. The van der Waals surface area contributed by atoms with Crippen LogP contribution in [0.3, 0.4) is 0 Å². The Kier molecular flexibility index (Phi) is 2.92. The van der Waals surface area contributed by atoms with E-state index in [0.717, 1.165) is 24.6 Å². The number of nitrogens with zero attached hydrogens (tertiary/aromatic N) is 3. The Morgan fingerprint density at radius 1 is 1.48 bits per heavy atom. The zero-order valence-electron chi connectivity index (χ0n) is 11.4. The Labute approximate surface area is 127 Å². The average Bonchev–Trinajstić information content (AvgIpc) is 3.08. The van der Waals surface area contributed by atoms with Crippen LogP contribution in [0.5, 0.6) is 5.75 Å². The van der Waals surface area contributed by atoms with Gasteiger partial charge < -0.3 is 15.0 Å². The highest BCUT2D eigenvalue weighted by Gasteiger charge is 2.42. The number of anilines is 1. The summed E-state index contributed by atoms with van der Waals surface area (Å²) in [5.74, 6) is 1.60. The monoisotopic (exact) mass is 306 g/mol. The molecule has 0 bridgehead atoms. The van der Waals surface area contributed by atoms with Gasteiger partial charge in [0, 0.05) is 18.1 Å². The Morgan fingerprint density at radius 2 is 2.38 bits per heavy atom. The van der Waals surface area contributed by atoms with Gasteiger partial charge in [-0.1, -0.05) is 11.6 Å². The molecule has 1 aromatic rings. The van der Waals surface area contributed by atoms with E-state index in [1.54, 1.807) is 21.9 Å². The van der Waals surface area contributed by atoms with Crippen LogP contribution in [0.25, 0.3) is 0 Å². The summed E-state index contributed by atoms with van der Waals surface area (Å²) in [6, 6.07) is 5.40. The maximum absolute atomic E-state index is 12.7. The van der Waals surface area contributed by atoms with Crippen LogP contribution in [0, 0.1) is 0 Å². The lowest BCUT2D eigenvalue weighted by Crippen LogP contribution is -2.42. The third-order valence-corrected chi connectivity index (χ3v) is 4.20. The summed E-state index contributed by atoms with van der Waals surface area (Å²) in [4.78, 5) is 20.6. The minimum atomic E-state index is -0.0109. The Balaban J connectivity index is 1.61. The average molecular weight is 307 g/mol. The summed E-state index contributed by atoms with van der Waals surface area (Å²) in [5.41, 5.74) is 0.757. The van der Waals surface area contributed by atoms with Gasteiger partial charge in [0.05, 0.1) is 24.8 Å². The van der Waals surface area contributed by atoms with E-state index in [9.17, 15) is 4.79 Å². The van der Waals surface area contributed by atoms with Crippen LogP contribution in [0.15, 0.2) is 23.2 Å². The summed E-state index contributed by atoms with van der Waals surface area (Å²) in [7, 11) is 0. The van der Waals surface area contributed by atoms with Crippen molar-refractivity contribution in [1.82, 2.24) is 10.2 Å². The molecule has 110 valence electrons. The van der Waals surface area contributed by atoms with Crippen molar-refractivity contribution in [1.29, 1.82) is 0 Å². The number of hydrogen-bond donors (Lipinski definition) is 1. The number of carbonyl (C=O) groups is 1. The molecule has 3 heterocycles. The number of amides is 2. The Bertz CT molecular complexity index is 633. The van der Waals surface area contributed by atoms with E-state index in [1.807, 2.05) is 6.07 Å². The fourth-order valence-corrected chi connectivity index (χ4v) is 3.17. The van der Waals surface area contributed by atoms with E-state index in [2.05, 4.69) is 10.3 Å². The number of hydrogen-bond acceptors (Lipinski definition) is 4. The Morgan fingerprint density at radius 3 is 3.19 bits per heavy atom. The van der Waals surface area contributed by atoms with Crippen molar-refractivity contribution in [2.24, 2.45) is 4.99 Å². The predicted molar refractivity (Wildman–Crippen MR) is 80.5 cm³/mol. The van der Waals surface area contributed by atoms with Crippen molar-refractivity contribution in [3.05, 3.63) is 23.2 Å². The fraction of sp³-hybridized carbons (Fsp3) is 0.429. The molecule has 1 atom stereocenters. The van der Waals surface area contributed by atoms with E-state index >= 15 is 0 Å². The van der Waals surface area contributed by atoms with Gasteiger partial charge in [0.1, 0.15) is 18.2 Å². The van der Waals surface area contributed by atoms with Gasteiger partial charge in [0.2, 0.25) is 0 Å². The van der Waals surface area contributed by atoms with E-state index in [4.69, 9.17) is 16.3 Å². The van der Waals surface area contributed by atoms with Crippen LogP contribution in [-0.4, -0.2) is 55.6 Å². The first-order valence-corrected chi connectivity index (χ1v) is 7.38. The number of rotatable bonds is 2. The number of ether oxygens (including phenoxy) is 1. The zero-order chi connectivity index (χ0) is 14.4. The van der Waals surface area contributed by atoms with Crippen molar-refractivity contribution in [2.45, 2.75) is 6.04 Å². The molecule has 3 aliphatic heterocycles. The molecule has 1 fully saturated rings. The second-order valence-electron chi connectivity index (χ2n) is 5.37. The molecule has 3 aliphatic rings. The highest BCUT2D eigenvalue weighted by Crippen LogP contribution is 2.39. The first kappa shape index (κ1) is 12.8. The normalized spacial score (nSPS) is 23.4. The topological polar surface area (TPSA) is 57.2 Å². The van der Waals surface area contributed by atoms with E-state index in [0.29, 0.717) is 30.5 Å². The van der Waals surface area contributed by atoms with Gasteiger partial charge >= 0.3 is 6.03 Å². The SMILES string of the molecule is O=C1N(CC2=NCCN2)CC2COc3ccc(Cl)cc3N12. The van der Waals surface area contributed by atoms with Gasteiger partial charge in [-0.05, 0) is 18.2 Å². The van der Waals surface area contributed by atoms with Crippen LogP contribution in [0.2, 0.25) is 5.02 Å². The van der Waals surface area contributed by atoms with Crippen molar-refractivity contribution < 1.29 is 9.53 Å². The van der Waals surface area contributed by atoms with E-state index < -0.39 is 0 Å². The largest absolute Gasteiger partial charge is 0.489 e. The lowest BCUT2D eigenvalue weighted by molar-refractivity contribution is 0.226. The smallest absolute Gasteiger partial charge is 0.325 e. The molecule has 21 heavy (non-hydrogen) atoms. The molecule has 4 rings (SSSR count). The molecular weight excluding hydrogens is 292 g/mol. The third-order valence-electron chi connectivity index (χ3n) is 3.97. The molecule has 7 heteroatoms. The molecule has 6 nitrogen and oxygen atoms in total. The maximum Gasteiger partial charge on any atom is 0.325 e. The van der Waals surface area contributed by atoms with Crippen molar-refractivity contribution in [3.8, 4) is 5.75 Å². The molecule has 0 radical (unpaired) electrons. The van der Waals surface area contributed by atoms with Gasteiger partial charge in [-0.15, -0.1) is 0 Å². The first-order valence-electron chi connectivity index (χ1n) is 7.00. The number of benzene rings is 1. The van der Waals surface area contributed by atoms with Crippen molar-refractivity contribution in [2.75, 3.05) is 37.7 Å². The van der Waals surface area contributed by atoms with Gasteiger partial charge in [0.15, 0.2) is 0 Å². The fourth-order valence-electron chi connectivity index (χ4n) is 3.00. The molecular formula is C14H15ClN4O2. The predicted octanol–water partition coefficient (Wildman–Crippen LogP) is 1.34. The summed E-state index contributed by atoms with van der Waals surface area (Å²) in [6.45, 7) is 3.32. The highest BCUT2D eigenvalue weighted by molar-refractivity contribution is 6.31. The highest BCUT2D eigenvalue weighted by atomic mass is 35.5. The number of fused-ring (bicyclic) bond motifs is 3. The molecule has 1 unspecified atom stereocenters. The van der Waals surface area contributed by atoms with Crippen LogP contribution in [0.1, 0.15) is 0 Å².